The molecule has 1 saturated heterocycles. The van der Waals surface area contributed by atoms with Gasteiger partial charge in [0, 0.05) is 30.3 Å². The summed E-state index contributed by atoms with van der Waals surface area (Å²) in [4.78, 5) is 29.4. The summed E-state index contributed by atoms with van der Waals surface area (Å²) in [5, 5.41) is 14.9. The minimum Gasteiger partial charge on any atom is -0.339 e. The van der Waals surface area contributed by atoms with Gasteiger partial charge in [0.25, 0.3) is 11.6 Å². The first-order valence-corrected chi connectivity index (χ1v) is 7.81. The lowest BCUT2D eigenvalue weighted by Gasteiger charge is -2.31. The summed E-state index contributed by atoms with van der Waals surface area (Å²) in [6.45, 7) is 4.45. The number of hydrogen-bond donors (Lipinski definition) is 0. The lowest BCUT2D eigenvalue weighted by molar-refractivity contribution is -0.385. The quantitative estimate of drug-likeness (QED) is 0.633. The molecule has 0 unspecified atom stereocenters. The van der Waals surface area contributed by atoms with Gasteiger partial charge < -0.3 is 9.42 Å². The van der Waals surface area contributed by atoms with E-state index in [1.807, 2.05) is 0 Å². The molecule has 0 N–H and O–H groups in total. The Labute approximate surface area is 138 Å². The van der Waals surface area contributed by atoms with E-state index in [9.17, 15) is 14.9 Å². The van der Waals surface area contributed by atoms with E-state index in [0.717, 1.165) is 12.8 Å². The Bertz CT molecular complexity index is 786. The number of aryl methyl sites for hydroxylation is 1. The van der Waals surface area contributed by atoms with Crippen molar-refractivity contribution in [1.29, 1.82) is 0 Å². The molecule has 8 heteroatoms. The smallest absolute Gasteiger partial charge is 0.273 e. The van der Waals surface area contributed by atoms with E-state index in [1.165, 1.54) is 6.07 Å². The number of carbonyl (C=O) groups excluding carboxylic acids is 1. The van der Waals surface area contributed by atoms with Gasteiger partial charge in [-0.3, -0.25) is 14.9 Å². The zero-order valence-corrected chi connectivity index (χ0v) is 13.6. The molecule has 1 aromatic heterocycles. The Balaban J connectivity index is 1.82. The average Bonchev–Trinajstić information content (AvgIpc) is 3.01. The van der Waals surface area contributed by atoms with Crippen LogP contribution in [0.2, 0.25) is 0 Å². The molecule has 3 rings (SSSR count). The van der Waals surface area contributed by atoms with Crippen LogP contribution in [-0.2, 0) is 0 Å². The highest BCUT2D eigenvalue weighted by Crippen LogP contribution is 2.28. The molecular weight excluding hydrogens is 312 g/mol. The molecule has 1 fully saturated rings. The maximum atomic E-state index is 12.8. The number of nitrogens with zero attached hydrogens (tertiary/aromatic N) is 4. The van der Waals surface area contributed by atoms with Gasteiger partial charge >= 0.3 is 0 Å². The number of benzene rings is 1. The largest absolute Gasteiger partial charge is 0.339 e. The highest BCUT2D eigenvalue weighted by atomic mass is 16.6. The fraction of sp³-hybridized carbons (Fsp3) is 0.438. The highest BCUT2D eigenvalue weighted by molar-refractivity contribution is 5.96. The van der Waals surface area contributed by atoms with Crippen molar-refractivity contribution in [3.63, 3.8) is 0 Å². The molecular formula is C16H18N4O4. The number of piperidine rings is 1. The van der Waals surface area contributed by atoms with Crippen molar-refractivity contribution < 1.29 is 14.2 Å². The number of carbonyl (C=O) groups is 1. The number of likely N-dealkylation sites (tertiary alicyclic amines) is 1. The Morgan fingerprint density at radius 3 is 2.88 bits per heavy atom. The van der Waals surface area contributed by atoms with Crippen LogP contribution in [0.5, 0.6) is 0 Å². The zero-order chi connectivity index (χ0) is 17.3. The minimum absolute atomic E-state index is 0.00269. The first-order chi connectivity index (χ1) is 11.5. The van der Waals surface area contributed by atoms with Gasteiger partial charge in [0.2, 0.25) is 5.89 Å². The summed E-state index contributed by atoms with van der Waals surface area (Å²) in [5.74, 6) is 0.920. The number of rotatable bonds is 3. The molecule has 1 aliphatic rings. The molecule has 1 aliphatic heterocycles. The van der Waals surface area contributed by atoms with E-state index in [2.05, 4.69) is 10.1 Å². The van der Waals surface area contributed by atoms with E-state index in [4.69, 9.17) is 4.52 Å². The molecule has 0 bridgehead atoms. The maximum absolute atomic E-state index is 12.8. The summed E-state index contributed by atoms with van der Waals surface area (Å²) in [7, 11) is 0. The monoisotopic (exact) mass is 330 g/mol. The van der Waals surface area contributed by atoms with Gasteiger partial charge in [-0.05, 0) is 32.8 Å². The van der Waals surface area contributed by atoms with Crippen LogP contribution in [0.15, 0.2) is 22.7 Å². The van der Waals surface area contributed by atoms with Crippen molar-refractivity contribution in [2.24, 2.45) is 0 Å². The van der Waals surface area contributed by atoms with Crippen LogP contribution in [0.1, 0.15) is 46.4 Å². The van der Waals surface area contributed by atoms with Crippen molar-refractivity contribution in [1.82, 2.24) is 15.0 Å². The van der Waals surface area contributed by atoms with Crippen molar-refractivity contribution in [3.05, 3.63) is 51.2 Å². The first kappa shape index (κ1) is 16.1. The second kappa shape index (κ2) is 6.38. The third kappa shape index (κ3) is 2.99. The molecule has 126 valence electrons. The topological polar surface area (TPSA) is 102 Å². The standard InChI is InChI=1S/C16H18N4O4/c1-10-13(6-3-7-14(10)20(22)23)16(21)19-8-4-5-12(9-19)15-17-11(2)18-24-15/h3,6-7,12H,4-5,8-9H2,1-2H3/t12-/m1/s1. The predicted molar refractivity (Wildman–Crippen MR) is 84.7 cm³/mol. The molecule has 24 heavy (non-hydrogen) atoms. The normalized spacial score (nSPS) is 17.8. The summed E-state index contributed by atoms with van der Waals surface area (Å²) in [6.07, 6.45) is 1.70. The molecule has 0 spiro atoms. The van der Waals surface area contributed by atoms with Crippen LogP contribution in [-0.4, -0.2) is 39.0 Å². The van der Waals surface area contributed by atoms with Gasteiger partial charge in [-0.25, -0.2) is 0 Å². The van der Waals surface area contributed by atoms with Crippen molar-refractivity contribution in [2.45, 2.75) is 32.6 Å². The molecule has 2 heterocycles. The molecule has 8 nitrogen and oxygen atoms in total. The van der Waals surface area contributed by atoms with Crippen molar-refractivity contribution in [2.75, 3.05) is 13.1 Å². The third-order valence-electron chi connectivity index (χ3n) is 4.33. The Kier molecular flexibility index (Phi) is 4.28. The second-order valence-electron chi connectivity index (χ2n) is 5.98. The molecule has 0 saturated carbocycles. The minimum atomic E-state index is -0.466. The molecule has 1 amide bonds. The second-order valence-corrected chi connectivity index (χ2v) is 5.98. The SMILES string of the molecule is Cc1noc([C@@H]2CCCN(C(=O)c3cccc([N+](=O)[O-])c3C)C2)n1. The van der Waals surface area contributed by atoms with Crippen molar-refractivity contribution in [3.8, 4) is 0 Å². The van der Waals surface area contributed by atoms with Crippen LogP contribution < -0.4 is 0 Å². The summed E-state index contributed by atoms with van der Waals surface area (Å²) < 4.78 is 5.22. The van der Waals surface area contributed by atoms with Crippen molar-refractivity contribution >= 4 is 11.6 Å². The Hall–Kier alpha value is -2.77. The molecule has 2 aromatic rings. The number of nitro groups is 1. The van der Waals surface area contributed by atoms with E-state index in [-0.39, 0.29) is 17.5 Å². The van der Waals surface area contributed by atoms with Gasteiger partial charge in [0.15, 0.2) is 5.82 Å². The number of aromatic nitrogens is 2. The van der Waals surface area contributed by atoms with Crippen LogP contribution in [0.4, 0.5) is 5.69 Å². The fourth-order valence-corrected chi connectivity index (χ4v) is 3.07. The van der Waals surface area contributed by atoms with E-state index < -0.39 is 4.92 Å². The average molecular weight is 330 g/mol. The molecule has 0 aliphatic carbocycles. The summed E-state index contributed by atoms with van der Waals surface area (Å²) in [5.41, 5.74) is 0.719. The van der Waals surface area contributed by atoms with E-state index in [0.29, 0.717) is 35.9 Å². The number of nitro benzene ring substituents is 1. The number of hydrogen-bond acceptors (Lipinski definition) is 6. The Morgan fingerprint density at radius 2 is 2.21 bits per heavy atom. The van der Waals surface area contributed by atoms with E-state index in [1.54, 1.807) is 30.9 Å². The predicted octanol–water partition coefficient (Wildman–Crippen LogP) is 2.61. The number of amides is 1. The van der Waals surface area contributed by atoms with Crippen LogP contribution in [0, 0.1) is 24.0 Å². The summed E-state index contributed by atoms with van der Waals surface area (Å²) >= 11 is 0. The van der Waals surface area contributed by atoms with Crippen LogP contribution in [0.3, 0.4) is 0 Å². The van der Waals surface area contributed by atoms with E-state index >= 15 is 0 Å². The highest BCUT2D eigenvalue weighted by Gasteiger charge is 2.30. The molecule has 1 atom stereocenters. The van der Waals surface area contributed by atoms with Gasteiger partial charge in [-0.2, -0.15) is 4.98 Å². The van der Waals surface area contributed by atoms with Gasteiger partial charge in [0.1, 0.15) is 0 Å². The van der Waals surface area contributed by atoms with Gasteiger partial charge in [-0.1, -0.05) is 11.2 Å². The van der Waals surface area contributed by atoms with Crippen LogP contribution >= 0.6 is 0 Å². The van der Waals surface area contributed by atoms with Gasteiger partial charge in [0.05, 0.1) is 10.8 Å². The third-order valence-corrected chi connectivity index (χ3v) is 4.33. The van der Waals surface area contributed by atoms with Crippen LogP contribution in [0.25, 0.3) is 0 Å². The summed E-state index contributed by atoms with van der Waals surface area (Å²) in [6, 6.07) is 4.58. The van der Waals surface area contributed by atoms with Gasteiger partial charge in [-0.15, -0.1) is 0 Å². The molecule has 0 radical (unpaired) electrons. The first-order valence-electron chi connectivity index (χ1n) is 7.81. The Morgan fingerprint density at radius 1 is 1.42 bits per heavy atom. The lowest BCUT2D eigenvalue weighted by Crippen LogP contribution is -2.39. The zero-order valence-electron chi connectivity index (χ0n) is 13.6. The fourth-order valence-electron chi connectivity index (χ4n) is 3.07. The molecule has 1 aromatic carbocycles. The lowest BCUT2D eigenvalue weighted by atomic mass is 9.96. The maximum Gasteiger partial charge on any atom is 0.273 e.